The molecule has 6 heteroatoms. The van der Waals surface area contributed by atoms with Crippen LogP contribution in [0, 0.1) is 12.8 Å². The number of rotatable bonds is 4. The molecule has 2 aromatic rings. The summed E-state index contributed by atoms with van der Waals surface area (Å²) in [6, 6.07) is 5.87. The zero-order valence-electron chi connectivity index (χ0n) is 12.0. The van der Waals surface area contributed by atoms with Crippen LogP contribution in [0.4, 0.5) is 4.39 Å². The van der Waals surface area contributed by atoms with Gasteiger partial charge in [0, 0.05) is 24.4 Å². The molecule has 2 heterocycles. The minimum atomic E-state index is -1.35. The fourth-order valence-corrected chi connectivity index (χ4v) is 2.78. The maximum atomic E-state index is 13.7. The third-order valence-electron chi connectivity index (χ3n) is 4.15. The molecule has 1 aliphatic carbocycles. The fraction of sp³-hybridized carbons (Fsp3) is 0.467. The van der Waals surface area contributed by atoms with Crippen molar-refractivity contribution in [3.05, 3.63) is 35.8 Å². The van der Waals surface area contributed by atoms with E-state index in [0.717, 1.165) is 17.0 Å². The third kappa shape index (κ3) is 2.63. The highest BCUT2D eigenvalue weighted by Gasteiger charge is 2.46. The van der Waals surface area contributed by atoms with E-state index >= 15 is 0 Å². The highest BCUT2D eigenvalue weighted by atomic mass is 19.1. The van der Waals surface area contributed by atoms with Crippen molar-refractivity contribution in [1.29, 1.82) is 0 Å². The maximum Gasteiger partial charge on any atom is 0.223 e. The summed E-state index contributed by atoms with van der Waals surface area (Å²) in [6.07, 6.45) is 2.35. The topological polar surface area (TPSA) is 72.4 Å². The van der Waals surface area contributed by atoms with Gasteiger partial charge in [-0.05, 0) is 31.9 Å². The van der Waals surface area contributed by atoms with Gasteiger partial charge in [0.15, 0.2) is 0 Å². The van der Waals surface area contributed by atoms with E-state index in [4.69, 9.17) is 5.73 Å². The van der Waals surface area contributed by atoms with E-state index in [0.29, 0.717) is 6.54 Å². The van der Waals surface area contributed by atoms with Gasteiger partial charge >= 0.3 is 0 Å². The van der Waals surface area contributed by atoms with E-state index in [1.807, 2.05) is 35.7 Å². The van der Waals surface area contributed by atoms with Crippen molar-refractivity contribution in [2.45, 2.75) is 32.0 Å². The molecule has 0 saturated heterocycles. The molecule has 3 rings (SSSR count). The number of fused-ring (bicyclic) bond motifs is 1. The van der Waals surface area contributed by atoms with Crippen molar-refractivity contribution >= 4 is 11.6 Å². The Morgan fingerprint density at radius 1 is 1.57 bits per heavy atom. The number of carbonyl (C=O) groups excluding carboxylic acids is 1. The first-order chi connectivity index (χ1) is 10.0. The van der Waals surface area contributed by atoms with Gasteiger partial charge < -0.3 is 15.5 Å². The SMILES string of the molecule is Cc1cccc2nc(CNC(=O)C3CC(F)(CN)C3)cn12. The van der Waals surface area contributed by atoms with Crippen LogP contribution in [0.5, 0.6) is 0 Å². The van der Waals surface area contributed by atoms with Gasteiger partial charge in [-0.3, -0.25) is 4.79 Å². The molecule has 0 radical (unpaired) electrons. The van der Waals surface area contributed by atoms with Crippen LogP contribution in [-0.2, 0) is 11.3 Å². The number of alkyl halides is 1. The van der Waals surface area contributed by atoms with Crippen molar-refractivity contribution in [3.8, 4) is 0 Å². The smallest absolute Gasteiger partial charge is 0.223 e. The molecular weight excluding hydrogens is 271 g/mol. The number of aromatic nitrogens is 2. The maximum absolute atomic E-state index is 13.7. The van der Waals surface area contributed by atoms with Crippen molar-refractivity contribution < 1.29 is 9.18 Å². The first kappa shape index (κ1) is 14.0. The lowest BCUT2D eigenvalue weighted by atomic mass is 9.72. The van der Waals surface area contributed by atoms with Crippen LogP contribution in [0.3, 0.4) is 0 Å². The summed E-state index contributed by atoms with van der Waals surface area (Å²) in [7, 11) is 0. The van der Waals surface area contributed by atoms with Crippen LogP contribution in [0.1, 0.15) is 24.2 Å². The molecule has 0 atom stereocenters. The number of aryl methyl sites for hydroxylation is 1. The molecule has 0 unspecified atom stereocenters. The molecule has 1 fully saturated rings. The van der Waals surface area contributed by atoms with Crippen LogP contribution in [-0.4, -0.2) is 27.5 Å². The van der Waals surface area contributed by atoms with Gasteiger partial charge in [-0.15, -0.1) is 0 Å². The standard InChI is InChI=1S/C15H19FN4O/c1-10-3-2-4-13-19-12(8-20(10)13)7-18-14(21)11-5-15(16,6-11)9-17/h2-4,8,11H,5-7,9,17H2,1H3,(H,18,21). The molecule has 0 spiro atoms. The lowest BCUT2D eigenvalue weighted by Gasteiger charge is -2.39. The molecule has 5 nitrogen and oxygen atoms in total. The summed E-state index contributed by atoms with van der Waals surface area (Å²) >= 11 is 0. The van der Waals surface area contributed by atoms with Crippen molar-refractivity contribution in [2.24, 2.45) is 11.7 Å². The van der Waals surface area contributed by atoms with Gasteiger partial charge in [0.25, 0.3) is 0 Å². The molecule has 112 valence electrons. The largest absolute Gasteiger partial charge is 0.350 e. The molecule has 1 aliphatic rings. The van der Waals surface area contributed by atoms with E-state index in [1.165, 1.54) is 0 Å². The molecule has 1 saturated carbocycles. The second kappa shape index (κ2) is 5.11. The van der Waals surface area contributed by atoms with Gasteiger partial charge in [-0.25, -0.2) is 9.37 Å². The Hall–Kier alpha value is -1.95. The molecule has 0 aliphatic heterocycles. The average molecular weight is 290 g/mol. The van der Waals surface area contributed by atoms with Crippen LogP contribution >= 0.6 is 0 Å². The highest BCUT2D eigenvalue weighted by molar-refractivity contribution is 5.80. The summed E-state index contributed by atoms with van der Waals surface area (Å²) < 4.78 is 15.7. The van der Waals surface area contributed by atoms with E-state index < -0.39 is 5.67 Å². The van der Waals surface area contributed by atoms with Crippen LogP contribution < -0.4 is 11.1 Å². The lowest BCUT2D eigenvalue weighted by Crippen LogP contribution is -2.51. The summed E-state index contributed by atoms with van der Waals surface area (Å²) in [5, 5.41) is 2.82. The number of carbonyl (C=O) groups is 1. The number of hydrogen-bond donors (Lipinski definition) is 2. The predicted octanol–water partition coefficient (Wildman–Crippen LogP) is 1.34. The Morgan fingerprint density at radius 3 is 3.00 bits per heavy atom. The Bertz CT molecular complexity index is 675. The first-order valence-electron chi connectivity index (χ1n) is 7.11. The summed E-state index contributed by atoms with van der Waals surface area (Å²) in [4.78, 5) is 16.4. The summed E-state index contributed by atoms with van der Waals surface area (Å²) in [5.74, 6) is -0.386. The zero-order valence-corrected chi connectivity index (χ0v) is 12.0. The van der Waals surface area contributed by atoms with Gasteiger partial charge in [0.1, 0.15) is 11.3 Å². The van der Waals surface area contributed by atoms with E-state index in [1.54, 1.807) is 0 Å². The van der Waals surface area contributed by atoms with Gasteiger partial charge in [-0.2, -0.15) is 0 Å². The third-order valence-corrected chi connectivity index (χ3v) is 4.15. The molecular formula is C15H19FN4O. The van der Waals surface area contributed by atoms with Crippen LogP contribution in [0.15, 0.2) is 24.4 Å². The number of nitrogens with two attached hydrogens (primary N) is 1. The molecule has 3 N–H and O–H groups in total. The number of halogens is 1. The summed E-state index contributed by atoms with van der Waals surface area (Å²) in [6.45, 7) is 2.35. The number of nitrogens with one attached hydrogen (secondary N) is 1. The minimum Gasteiger partial charge on any atom is -0.350 e. The molecule has 0 bridgehead atoms. The zero-order chi connectivity index (χ0) is 15.0. The van der Waals surface area contributed by atoms with Crippen molar-refractivity contribution in [2.75, 3.05) is 6.54 Å². The fourth-order valence-electron chi connectivity index (χ4n) is 2.78. The number of nitrogens with zero attached hydrogens (tertiary/aromatic N) is 2. The Kier molecular flexibility index (Phi) is 3.41. The molecule has 0 aromatic carbocycles. The van der Waals surface area contributed by atoms with Crippen molar-refractivity contribution in [3.63, 3.8) is 0 Å². The Balaban J connectivity index is 1.60. The monoisotopic (exact) mass is 290 g/mol. The quantitative estimate of drug-likeness (QED) is 0.892. The summed E-state index contributed by atoms with van der Waals surface area (Å²) in [5.41, 5.74) is 6.72. The minimum absolute atomic E-state index is 0.0114. The van der Waals surface area contributed by atoms with E-state index in [-0.39, 0.29) is 31.2 Å². The van der Waals surface area contributed by atoms with Crippen LogP contribution in [0.2, 0.25) is 0 Å². The molecule has 2 aromatic heterocycles. The lowest BCUT2D eigenvalue weighted by molar-refractivity contribution is -0.133. The number of imidazole rings is 1. The van der Waals surface area contributed by atoms with E-state index in [9.17, 15) is 9.18 Å². The Morgan fingerprint density at radius 2 is 2.33 bits per heavy atom. The average Bonchev–Trinajstić information content (AvgIpc) is 2.86. The second-order valence-corrected chi connectivity index (χ2v) is 5.81. The number of amides is 1. The number of pyridine rings is 1. The molecule has 21 heavy (non-hydrogen) atoms. The predicted molar refractivity (Wildman–Crippen MR) is 77.4 cm³/mol. The van der Waals surface area contributed by atoms with E-state index in [2.05, 4.69) is 10.3 Å². The number of hydrogen-bond acceptors (Lipinski definition) is 3. The second-order valence-electron chi connectivity index (χ2n) is 5.81. The van der Waals surface area contributed by atoms with Gasteiger partial charge in [0.05, 0.1) is 12.2 Å². The molecule has 1 amide bonds. The Labute approximate surface area is 122 Å². The van der Waals surface area contributed by atoms with Crippen LogP contribution in [0.25, 0.3) is 5.65 Å². The normalized spacial score (nSPS) is 24.8. The highest BCUT2D eigenvalue weighted by Crippen LogP contribution is 2.40. The van der Waals surface area contributed by atoms with Crippen molar-refractivity contribution in [1.82, 2.24) is 14.7 Å². The first-order valence-corrected chi connectivity index (χ1v) is 7.11. The van der Waals surface area contributed by atoms with Gasteiger partial charge in [-0.1, -0.05) is 6.07 Å². The van der Waals surface area contributed by atoms with Gasteiger partial charge in [0.2, 0.25) is 5.91 Å².